The van der Waals surface area contributed by atoms with Crippen molar-refractivity contribution in [3.05, 3.63) is 18.0 Å². The summed E-state index contributed by atoms with van der Waals surface area (Å²) in [5.41, 5.74) is 0.774. The third-order valence-electron chi connectivity index (χ3n) is 2.88. The number of aromatic nitrogens is 2. The summed E-state index contributed by atoms with van der Waals surface area (Å²) in [7, 11) is 3.49. The molecule has 1 heterocycles. The molecule has 21 heavy (non-hydrogen) atoms. The number of esters is 1. The first-order chi connectivity index (χ1) is 9.49. The van der Waals surface area contributed by atoms with Gasteiger partial charge in [0.1, 0.15) is 6.04 Å². The summed E-state index contributed by atoms with van der Waals surface area (Å²) in [4.78, 5) is 23.6. The molecule has 1 aromatic heterocycles. The van der Waals surface area contributed by atoms with Gasteiger partial charge in [0.15, 0.2) is 0 Å². The topological polar surface area (TPSA) is 85.2 Å². The van der Waals surface area contributed by atoms with Crippen molar-refractivity contribution in [1.29, 1.82) is 0 Å². The summed E-state index contributed by atoms with van der Waals surface area (Å²) < 4.78 is 6.52. The number of ether oxygens (including phenoxy) is 1. The normalized spacial score (nSPS) is 13.0. The molecule has 2 N–H and O–H groups in total. The van der Waals surface area contributed by atoms with Gasteiger partial charge in [0, 0.05) is 25.4 Å². The lowest BCUT2D eigenvalue weighted by molar-refractivity contribution is -0.147. The third-order valence-corrected chi connectivity index (χ3v) is 2.88. The van der Waals surface area contributed by atoms with Crippen LogP contribution in [0.1, 0.15) is 25.5 Å². The van der Waals surface area contributed by atoms with E-state index in [1.54, 1.807) is 45.0 Å². The molecule has 0 bridgehead atoms. The van der Waals surface area contributed by atoms with Crippen molar-refractivity contribution in [3.8, 4) is 0 Å². The molecule has 1 amide bonds. The van der Waals surface area contributed by atoms with Gasteiger partial charge in [0.2, 0.25) is 5.91 Å². The molecule has 120 valence electrons. The largest absolute Gasteiger partial charge is 0.466 e. The minimum Gasteiger partial charge on any atom is -0.466 e. The highest BCUT2D eigenvalue weighted by atomic mass is 35.5. The van der Waals surface area contributed by atoms with Crippen molar-refractivity contribution >= 4 is 24.3 Å². The van der Waals surface area contributed by atoms with E-state index in [0.717, 1.165) is 5.56 Å². The number of hydrogen-bond acceptors (Lipinski definition) is 5. The van der Waals surface area contributed by atoms with E-state index in [4.69, 9.17) is 4.74 Å². The molecule has 8 heteroatoms. The van der Waals surface area contributed by atoms with Crippen LogP contribution in [0.4, 0.5) is 0 Å². The highest BCUT2D eigenvalue weighted by molar-refractivity contribution is 5.85. The Morgan fingerprint density at radius 1 is 1.48 bits per heavy atom. The second-order valence-electron chi connectivity index (χ2n) is 4.57. The summed E-state index contributed by atoms with van der Waals surface area (Å²) in [6, 6.07) is -0.488. The second-order valence-corrected chi connectivity index (χ2v) is 4.57. The summed E-state index contributed by atoms with van der Waals surface area (Å²) in [6.45, 7) is 4.06. The molecule has 0 saturated heterocycles. The van der Waals surface area contributed by atoms with Gasteiger partial charge in [0.05, 0.1) is 18.7 Å². The summed E-state index contributed by atoms with van der Waals surface area (Å²) in [5, 5.41) is 9.71. The van der Waals surface area contributed by atoms with Crippen LogP contribution in [0.2, 0.25) is 0 Å². The van der Waals surface area contributed by atoms with E-state index in [0.29, 0.717) is 6.61 Å². The fourth-order valence-electron chi connectivity index (χ4n) is 1.76. The second kappa shape index (κ2) is 9.36. The van der Waals surface area contributed by atoms with Crippen molar-refractivity contribution in [2.24, 2.45) is 13.0 Å². The Morgan fingerprint density at radius 3 is 2.62 bits per heavy atom. The van der Waals surface area contributed by atoms with E-state index in [2.05, 4.69) is 15.7 Å². The molecule has 7 nitrogen and oxygen atoms in total. The molecule has 2 atom stereocenters. The first kappa shape index (κ1) is 19.4. The molecule has 0 aliphatic rings. The minimum atomic E-state index is -0.488. The number of hydrogen-bond donors (Lipinski definition) is 2. The van der Waals surface area contributed by atoms with Gasteiger partial charge in [-0.1, -0.05) is 6.92 Å². The van der Waals surface area contributed by atoms with E-state index in [9.17, 15) is 9.59 Å². The van der Waals surface area contributed by atoms with Gasteiger partial charge in [-0.2, -0.15) is 5.10 Å². The number of carbonyl (C=O) groups is 2. The Kier molecular flexibility index (Phi) is 8.64. The lowest BCUT2D eigenvalue weighted by atomic mass is 10.1. The van der Waals surface area contributed by atoms with Gasteiger partial charge < -0.3 is 15.4 Å². The summed E-state index contributed by atoms with van der Waals surface area (Å²) in [6.07, 6.45) is 3.41. The quantitative estimate of drug-likeness (QED) is 0.712. The highest BCUT2D eigenvalue weighted by Crippen LogP contribution is 2.11. The molecule has 0 aromatic carbocycles. The lowest BCUT2D eigenvalue weighted by Gasteiger charge is -2.16. The summed E-state index contributed by atoms with van der Waals surface area (Å²) in [5.74, 6) is -0.878. The molecule has 1 rings (SSSR count). The third kappa shape index (κ3) is 5.73. The van der Waals surface area contributed by atoms with Gasteiger partial charge in [-0.15, -0.1) is 12.4 Å². The standard InChI is InChI=1S/C13H22N4O3.ClH/c1-5-20-13(19)9(2)6-15-12(18)11(14-3)10-7-16-17(4)8-10;/h7-9,11,14H,5-6H2,1-4H3,(H,15,18);1H. The Bertz CT molecular complexity index is 464. The van der Waals surface area contributed by atoms with Gasteiger partial charge >= 0.3 is 5.97 Å². The van der Waals surface area contributed by atoms with Crippen LogP contribution in [-0.2, 0) is 21.4 Å². The predicted molar refractivity (Wildman–Crippen MR) is 81.1 cm³/mol. The van der Waals surface area contributed by atoms with E-state index in [-0.39, 0.29) is 36.7 Å². The number of amides is 1. The molecule has 0 spiro atoms. The Balaban J connectivity index is 0.00000400. The zero-order chi connectivity index (χ0) is 15.1. The summed E-state index contributed by atoms with van der Waals surface area (Å²) >= 11 is 0. The minimum absolute atomic E-state index is 0. The molecule has 0 fully saturated rings. The number of nitrogens with zero attached hydrogens (tertiary/aromatic N) is 2. The van der Waals surface area contributed by atoms with Crippen LogP contribution in [0.5, 0.6) is 0 Å². The van der Waals surface area contributed by atoms with Crippen molar-refractivity contribution in [2.75, 3.05) is 20.2 Å². The lowest BCUT2D eigenvalue weighted by Crippen LogP contribution is -2.39. The number of aryl methyl sites for hydroxylation is 1. The number of nitrogens with one attached hydrogen (secondary N) is 2. The molecule has 0 radical (unpaired) electrons. The molecule has 0 aliphatic heterocycles. The maximum absolute atomic E-state index is 12.1. The Morgan fingerprint density at radius 2 is 2.14 bits per heavy atom. The van der Waals surface area contributed by atoms with Gasteiger partial charge in [-0.3, -0.25) is 14.3 Å². The van der Waals surface area contributed by atoms with Crippen LogP contribution in [0.3, 0.4) is 0 Å². The van der Waals surface area contributed by atoms with Gasteiger partial charge in [0.25, 0.3) is 0 Å². The zero-order valence-corrected chi connectivity index (χ0v) is 13.6. The average Bonchev–Trinajstić information content (AvgIpc) is 2.83. The number of carbonyl (C=O) groups excluding carboxylic acids is 2. The van der Waals surface area contributed by atoms with E-state index in [1.165, 1.54) is 0 Å². The van der Waals surface area contributed by atoms with E-state index < -0.39 is 6.04 Å². The molecule has 2 unspecified atom stereocenters. The van der Waals surface area contributed by atoms with Crippen LogP contribution >= 0.6 is 12.4 Å². The van der Waals surface area contributed by atoms with Gasteiger partial charge in [-0.05, 0) is 14.0 Å². The number of rotatable bonds is 7. The van der Waals surface area contributed by atoms with E-state index >= 15 is 0 Å². The molecule has 1 aromatic rings. The first-order valence-electron chi connectivity index (χ1n) is 6.59. The van der Waals surface area contributed by atoms with Crippen LogP contribution in [-0.4, -0.2) is 41.9 Å². The van der Waals surface area contributed by atoms with Gasteiger partial charge in [-0.25, -0.2) is 0 Å². The Hall–Kier alpha value is -1.60. The molecule has 0 saturated carbocycles. The molecule has 0 aliphatic carbocycles. The van der Waals surface area contributed by atoms with Crippen molar-refractivity contribution < 1.29 is 14.3 Å². The maximum atomic E-state index is 12.1. The first-order valence-corrected chi connectivity index (χ1v) is 6.59. The smallest absolute Gasteiger partial charge is 0.310 e. The van der Waals surface area contributed by atoms with E-state index in [1.807, 2.05) is 0 Å². The van der Waals surface area contributed by atoms with Crippen molar-refractivity contribution in [2.45, 2.75) is 19.9 Å². The number of halogens is 1. The van der Waals surface area contributed by atoms with Crippen LogP contribution < -0.4 is 10.6 Å². The molecular weight excluding hydrogens is 296 g/mol. The van der Waals surface area contributed by atoms with Crippen molar-refractivity contribution in [1.82, 2.24) is 20.4 Å². The van der Waals surface area contributed by atoms with Crippen molar-refractivity contribution in [3.63, 3.8) is 0 Å². The molecular formula is C13H23ClN4O3. The maximum Gasteiger partial charge on any atom is 0.310 e. The Labute approximate surface area is 130 Å². The SMILES string of the molecule is CCOC(=O)C(C)CNC(=O)C(NC)c1cnn(C)c1.Cl. The van der Waals surface area contributed by atoms with Crippen LogP contribution in [0.15, 0.2) is 12.4 Å². The van der Waals surface area contributed by atoms with Crippen LogP contribution in [0, 0.1) is 5.92 Å². The van der Waals surface area contributed by atoms with Crippen LogP contribution in [0.25, 0.3) is 0 Å². The average molecular weight is 319 g/mol. The highest BCUT2D eigenvalue weighted by Gasteiger charge is 2.22. The monoisotopic (exact) mass is 318 g/mol. The zero-order valence-electron chi connectivity index (χ0n) is 12.8. The fraction of sp³-hybridized carbons (Fsp3) is 0.615. The fourth-order valence-corrected chi connectivity index (χ4v) is 1.76. The predicted octanol–water partition coefficient (Wildman–Crippen LogP) is 0.418. The number of likely N-dealkylation sites (N-methyl/N-ethyl adjacent to an activating group) is 1.